The van der Waals surface area contributed by atoms with Crippen LogP contribution in [0.4, 0.5) is 0 Å². The molecular formula is C21H26ClN3O4S. The molecule has 2 fully saturated rings. The van der Waals surface area contributed by atoms with Gasteiger partial charge in [0.05, 0.1) is 17.3 Å². The number of furan rings is 1. The van der Waals surface area contributed by atoms with Gasteiger partial charge in [-0.2, -0.15) is 4.31 Å². The maximum absolute atomic E-state index is 12.9. The molecule has 1 amide bonds. The Balaban J connectivity index is 1.50. The lowest BCUT2D eigenvalue weighted by Gasteiger charge is -2.26. The molecule has 30 heavy (non-hydrogen) atoms. The normalized spacial score (nSPS) is 19.2. The average molecular weight is 452 g/mol. The number of halogens is 1. The van der Waals surface area contributed by atoms with E-state index < -0.39 is 10.0 Å². The van der Waals surface area contributed by atoms with Crippen LogP contribution in [0, 0.1) is 0 Å². The van der Waals surface area contributed by atoms with Gasteiger partial charge in [-0.1, -0.05) is 11.6 Å². The largest absolute Gasteiger partial charge is 0.468 e. The summed E-state index contributed by atoms with van der Waals surface area (Å²) < 4.78 is 32.8. The number of hydrogen-bond donors (Lipinski definition) is 1. The summed E-state index contributed by atoms with van der Waals surface area (Å²) in [5, 5.41) is 3.07. The molecule has 1 atom stereocenters. The van der Waals surface area contributed by atoms with Crippen LogP contribution < -0.4 is 5.32 Å². The number of rotatable bonds is 7. The Morgan fingerprint density at radius 3 is 2.47 bits per heavy atom. The molecule has 0 saturated carbocycles. The molecule has 0 radical (unpaired) electrons. The lowest BCUT2D eigenvalue weighted by Crippen LogP contribution is -2.36. The van der Waals surface area contributed by atoms with Gasteiger partial charge in [-0.3, -0.25) is 9.69 Å². The van der Waals surface area contributed by atoms with Gasteiger partial charge in [0.25, 0.3) is 5.91 Å². The highest BCUT2D eigenvalue weighted by Crippen LogP contribution is 2.29. The van der Waals surface area contributed by atoms with E-state index in [2.05, 4.69) is 10.2 Å². The number of sulfonamides is 1. The Morgan fingerprint density at radius 2 is 1.80 bits per heavy atom. The van der Waals surface area contributed by atoms with Gasteiger partial charge in [-0.05, 0) is 69.1 Å². The van der Waals surface area contributed by atoms with E-state index in [4.69, 9.17) is 16.0 Å². The Hall–Kier alpha value is -1.87. The van der Waals surface area contributed by atoms with Gasteiger partial charge in [0.15, 0.2) is 0 Å². The van der Waals surface area contributed by atoms with Crippen molar-refractivity contribution in [3.63, 3.8) is 0 Å². The number of hydrogen-bond acceptors (Lipinski definition) is 5. The summed E-state index contributed by atoms with van der Waals surface area (Å²) in [6, 6.07) is 8.12. The topological polar surface area (TPSA) is 82.9 Å². The molecule has 2 aliphatic rings. The van der Waals surface area contributed by atoms with Crippen molar-refractivity contribution in [2.45, 2.75) is 36.6 Å². The zero-order chi connectivity index (χ0) is 21.1. The summed E-state index contributed by atoms with van der Waals surface area (Å²) in [7, 11) is -3.71. The minimum Gasteiger partial charge on any atom is -0.468 e. The maximum Gasteiger partial charge on any atom is 0.251 e. The van der Waals surface area contributed by atoms with Crippen molar-refractivity contribution in [3.8, 4) is 0 Å². The van der Waals surface area contributed by atoms with Crippen LogP contribution in [0.25, 0.3) is 0 Å². The molecule has 0 aliphatic carbocycles. The Labute approximate surface area is 182 Å². The van der Waals surface area contributed by atoms with Gasteiger partial charge >= 0.3 is 0 Å². The van der Waals surface area contributed by atoms with E-state index in [0.717, 1.165) is 44.5 Å². The number of benzene rings is 1. The fourth-order valence-electron chi connectivity index (χ4n) is 4.15. The van der Waals surface area contributed by atoms with Crippen LogP contribution in [0.15, 0.2) is 45.9 Å². The van der Waals surface area contributed by atoms with E-state index in [1.165, 1.54) is 16.4 Å². The molecule has 0 spiro atoms. The Kier molecular flexibility index (Phi) is 6.48. The molecule has 162 valence electrons. The van der Waals surface area contributed by atoms with Gasteiger partial charge < -0.3 is 9.73 Å². The minimum atomic E-state index is -3.71. The van der Waals surface area contributed by atoms with E-state index >= 15 is 0 Å². The molecule has 0 unspecified atom stereocenters. The lowest BCUT2D eigenvalue weighted by molar-refractivity contribution is 0.0933. The minimum absolute atomic E-state index is 0.0131. The van der Waals surface area contributed by atoms with Gasteiger partial charge in [0.1, 0.15) is 10.7 Å². The average Bonchev–Trinajstić information content (AvgIpc) is 3.51. The third-order valence-corrected chi connectivity index (χ3v) is 8.17. The van der Waals surface area contributed by atoms with Crippen molar-refractivity contribution < 1.29 is 17.6 Å². The van der Waals surface area contributed by atoms with Crippen molar-refractivity contribution in [2.75, 3.05) is 32.7 Å². The first-order valence-electron chi connectivity index (χ1n) is 10.3. The zero-order valence-corrected chi connectivity index (χ0v) is 18.3. The van der Waals surface area contributed by atoms with Crippen molar-refractivity contribution in [3.05, 3.63) is 52.9 Å². The van der Waals surface area contributed by atoms with E-state index in [1.807, 2.05) is 12.1 Å². The summed E-state index contributed by atoms with van der Waals surface area (Å²) in [6.45, 7) is 3.26. The number of carbonyl (C=O) groups is 1. The number of nitrogens with zero attached hydrogens (tertiary/aromatic N) is 2. The van der Waals surface area contributed by atoms with Crippen molar-refractivity contribution in [1.29, 1.82) is 0 Å². The van der Waals surface area contributed by atoms with Crippen molar-refractivity contribution in [2.24, 2.45) is 0 Å². The van der Waals surface area contributed by atoms with E-state index in [0.29, 0.717) is 19.6 Å². The van der Waals surface area contributed by atoms with Crippen LogP contribution in [0.5, 0.6) is 0 Å². The summed E-state index contributed by atoms with van der Waals surface area (Å²) in [4.78, 5) is 15.1. The lowest BCUT2D eigenvalue weighted by atomic mass is 10.1. The fourth-order valence-corrected chi connectivity index (χ4v) is 6.16. The zero-order valence-electron chi connectivity index (χ0n) is 16.7. The molecule has 2 saturated heterocycles. The van der Waals surface area contributed by atoms with Gasteiger partial charge in [0.2, 0.25) is 10.0 Å². The van der Waals surface area contributed by atoms with Crippen LogP contribution in [0.1, 0.15) is 47.8 Å². The van der Waals surface area contributed by atoms with Crippen molar-refractivity contribution >= 4 is 27.5 Å². The molecule has 9 heteroatoms. The third-order valence-electron chi connectivity index (χ3n) is 5.79. The van der Waals surface area contributed by atoms with E-state index in [-0.39, 0.29) is 27.4 Å². The SMILES string of the molecule is O=C(NC[C@@H](c1ccco1)N1CCCC1)c1ccc(Cl)c(S(=O)(=O)N2CCCC2)c1. The fraction of sp³-hybridized carbons (Fsp3) is 0.476. The predicted octanol–water partition coefficient (Wildman–Crippen LogP) is 3.28. The van der Waals surface area contributed by atoms with Crippen molar-refractivity contribution in [1.82, 2.24) is 14.5 Å². The number of likely N-dealkylation sites (tertiary alicyclic amines) is 1. The predicted molar refractivity (Wildman–Crippen MR) is 114 cm³/mol. The summed E-state index contributed by atoms with van der Waals surface area (Å²) >= 11 is 6.19. The van der Waals surface area contributed by atoms with Crippen LogP contribution >= 0.6 is 11.6 Å². The quantitative estimate of drug-likeness (QED) is 0.698. The van der Waals surface area contributed by atoms with Gasteiger partial charge in [-0.25, -0.2) is 8.42 Å². The molecule has 2 aliphatic heterocycles. The molecule has 0 bridgehead atoms. The Bertz CT molecular complexity index is 982. The standard InChI is InChI=1S/C21H26ClN3O4S/c22-17-8-7-16(14-20(17)30(27,28)25-11-3-4-12-25)21(26)23-15-18(19-6-5-13-29-19)24-9-1-2-10-24/h5-8,13-14,18H,1-4,9-12,15H2,(H,23,26)/t18-/m0/s1. The number of nitrogens with one attached hydrogen (secondary N) is 1. The highest BCUT2D eigenvalue weighted by atomic mass is 35.5. The third kappa shape index (κ3) is 4.42. The van der Waals surface area contributed by atoms with Crippen LogP contribution in [-0.2, 0) is 10.0 Å². The summed E-state index contributed by atoms with van der Waals surface area (Å²) in [6.07, 6.45) is 5.55. The first-order chi connectivity index (χ1) is 14.5. The van der Waals surface area contributed by atoms with Crippen LogP contribution in [0.3, 0.4) is 0 Å². The number of amides is 1. The highest BCUT2D eigenvalue weighted by molar-refractivity contribution is 7.89. The van der Waals surface area contributed by atoms with Gasteiger partial charge in [-0.15, -0.1) is 0 Å². The molecule has 1 N–H and O–H groups in total. The summed E-state index contributed by atoms with van der Waals surface area (Å²) in [5.74, 6) is 0.478. The molecule has 4 rings (SSSR count). The summed E-state index contributed by atoms with van der Waals surface area (Å²) in [5.41, 5.74) is 0.275. The van der Waals surface area contributed by atoms with Crippen LogP contribution in [-0.4, -0.2) is 56.3 Å². The molecule has 2 aromatic rings. The molecule has 7 nitrogen and oxygen atoms in total. The second-order valence-corrected chi connectivity index (χ2v) is 10.1. The second-order valence-electron chi connectivity index (χ2n) is 7.74. The monoisotopic (exact) mass is 451 g/mol. The van der Waals surface area contributed by atoms with Gasteiger partial charge in [0, 0.05) is 25.2 Å². The van der Waals surface area contributed by atoms with Crippen LogP contribution in [0.2, 0.25) is 5.02 Å². The molecule has 3 heterocycles. The first kappa shape index (κ1) is 21.4. The van der Waals surface area contributed by atoms with E-state index in [9.17, 15) is 13.2 Å². The molecule has 1 aromatic carbocycles. The number of carbonyl (C=O) groups excluding carboxylic acids is 1. The molecule has 1 aromatic heterocycles. The highest BCUT2D eigenvalue weighted by Gasteiger charge is 2.30. The molecular weight excluding hydrogens is 426 g/mol. The second kappa shape index (κ2) is 9.09. The maximum atomic E-state index is 12.9. The van der Waals surface area contributed by atoms with E-state index in [1.54, 1.807) is 12.3 Å². The Morgan fingerprint density at radius 1 is 1.10 bits per heavy atom. The first-order valence-corrected chi connectivity index (χ1v) is 12.1. The smallest absolute Gasteiger partial charge is 0.251 e.